The van der Waals surface area contributed by atoms with Gasteiger partial charge in [-0.2, -0.15) is 0 Å². The summed E-state index contributed by atoms with van der Waals surface area (Å²) in [6, 6.07) is 0. The Hall–Kier alpha value is -2.00. The molecule has 0 amide bonds. The van der Waals surface area contributed by atoms with E-state index in [0.29, 0.717) is 0 Å². The third-order valence-corrected chi connectivity index (χ3v) is 6.04. The second-order valence-corrected chi connectivity index (χ2v) is 8.59. The first-order valence-corrected chi connectivity index (χ1v) is 10.2. The van der Waals surface area contributed by atoms with Gasteiger partial charge in [0.15, 0.2) is 18.0 Å². The molecule has 8 atom stereocenters. The summed E-state index contributed by atoms with van der Waals surface area (Å²) in [5.74, 6) is -4.53. The number of esters is 3. The first-order valence-electron chi connectivity index (χ1n) is 10.2. The second kappa shape index (κ2) is 9.01. The second-order valence-electron chi connectivity index (χ2n) is 8.59. The number of carbonyl (C=O) groups is 4. The van der Waals surface area contributed by atoms with Crippen LogP contribution in [-0.2, 0) is 38.1 Å². The molecule has 0 radical (unpaired) electrons. The zero-order valence-corrected chi connectivity index (χ0v) is 18.5. The topological polar surface area (TPSA) is 125 Å². The van der Waals surface area contributed by atoms with Crippen molar-refractivity contribution in [2.75, 3.05) is 6.61 Å². The highest BCUT2D eigenvalue weighted by Gasteiger charge is 2.69. The van der Waals surface area contributed by atoms with Gasteiger partial charge in [-0.25, -0.2) is 4.79 Å². The third-order valence-electron chi connectivity index (χ3n) is 6.04. The number of rotatable bonds is 6. The fraction of sp³-hybridized carbons (Fsp3) is 0.810. The van der Waals surface area contributed by atoms with E-state index >= 15 is 0 Å². The van der Waals surface area contributed by atoms with Crippen LogP contribution in [-0.4, -0.2) is 65.4 Å². The Bertz CT molecular complexity index is 699. The van der Waals surface area contributed by atoms with Gasteiger partial charge in [0, 0.05) is 31.6 Å². The zero-order chi connectivity index (χ0) is 23.0. The van der Waals surface area contributed by atoms with Crippen LogP contribution in [0.1, 0.15) is 48.5 Å². The maximum Gasteiger partial charge on any atom is 0.335 e. The summed E-state index contributed by atoms with van der Waals surface area (Å²) in [5.41, 5.74) is -1.83. The van der Waals surface area contributed by atoms with Crippen molar-refractivity contribution in [2.45, 2.75) is 78.5 Å². The van der Waals surface area contributed by atoms with E-state index in [1.54, 1.807) is 6.92 Å². The molecule has 30 heavy (non-hydrogen) atoms. The molecule has 0 aromatic rings. The highest BCUT2D eigenvalue weighted by atomic mass is 16.6. The predicted molar refractivity (Wildman–Crippen MR) is 103 cm³/mol. The Balaban J connectivity index is 2.68. The minimum Gasteiger partial charge on any atom is -0.464 e. The molecule has 1 aliphatic heterocycles. The Morgan fingerprint density at radius 2 is 1.60 bits per heavy atom. The van der Waals surface area contributed by atoms with E-state index in [4.69, 9.17) is 18.9 Å². The van der Waals surface area contributed by atoms with E-state index in [0.717, 1.165) is 0 Å². The van der Waals surface area contributed by atoms with Gasteiger partial charge in [-0.15, -0.1) is 0 Å². The number of fused-ring (bicyclic) bond motifs is 1. The quantitative estimate of drug-likeness (QED) is 0.488. The Morgan fingerprint density at radius 1 is 1.03 bits per heavy atom. The molecule has 1 heterocycles. The van der Waals surface area contributed by atoms with Gasteiger partial charge in [0.2, 0.25) is 0 Å². The molecule has 1 aliphatic carbocycles. The van der Waals surface area contributed by atoms with Crippen LogP contribution >= 0.6 is 0 Å². The Morgan fingerprint density at radius 3 is 2.03 bits per heavy atom. The van der Waals surface area contributed by atoms with Gasteiger partial charge in [0.1, 0.15) is 17.8 Å². The molecule has 0 unspecified atom stereocenters. The molecule has 1 saturated carbocycles. The molecule has 9 heteroatoms. The van der Waals surface area contributed by atoms with Crippen LogP contribution in [0.2, 0.25) is 0 Å². The molecule has 2 aliphatic rings. The highest BCUT2D eigenvalue weighted by molar-refractivity contribution is 5.84. The summed E-state index contributed by atoms with van der Waals surface area (Å²) in [5, 5.41) is 11.6. The molecular weight excluding hydrogens is 396 g/mol. The Kier molecular flexibility index (Phi) is 7.29. The first kappa shape index (κ1) is 24.3. The van der Waals surface area contributed by atoms with Gasteiger partial charge >= 0.3 is 17.9 Å². The summed E-state index contributed by atoms with van der Waals surface area (Å²) in [4.78, 5) is 48.8. The number of ether oxygens (including phenoxy) is 4. The predicted octanol–water partition coefficient (Wildman–Crippen LogP) is 1.04. The summed E-state index contributed by atoms with van der Waals surface area (Å²) in [6.45, 7) is 10.6. The van der Waals surface area contributed by atoms with Crippen molar-refractivity contribution in [1.82, 2.24) is 0 Å². The standard InChI is InChI=1S/C21H32O9/c1-8-27-20(25)18-15-14(16(30-18)10(4)22)13(9(2)3)17(28-11(5)23)19(21(15,7)26)29-12(6)24/h9,13-19,26H,8H2,1-7H3/t13-,14-,15+,16+,17+,18-,19+,21+/m1/s1. The maximum atomic E-state index is 12.7. The fourth-order valence-corrected chi connectivity index (χ4v) is 5.12. The van der Waals surface area contributed by atoms with Gasteiger partial charge in [-0.3, -0.25) is 14.4 Å². The van der Waals surface area contributed by atoms with Gasteiger partial charge < -0.3 is 24.1 Å². The third kappa shape index (κ3) is 4.37. The van der Waals surface area contributed by atoms with Gasteiger partial charge in [-0.1, -0.05) is 13.8 Å². The minimum absolute atomic E-state index is 0.0972. The van der Waals surface area contributed by atoms with E-state index in [1.807, 2.05) is 13.8 Å². The lowest BCUT2D eigenvalue weighted by molar-refractivity contribution is -0.237. The van der Waals surface area contributed by atoms with E-state index < -0.39 is 65.7 Å². The number of ketones is 1. The van der Waals surface area contributed by atoms with Crippen molar-refractivity contribution in [1.29, 1.82) is 0 Å². The maximum absolute atomic E-state index is 12.7. The Labute approximate surface area is 176 Å². The molecule has 0 spiro atoms. The van der Waals surface area contributed by atoms with Crippen molar-refractivity contribution in [3.05, 3.63) is 0 Å². The monoisotopic (exact) mass is 428 g/mol. The van der Waals surface area contributed by atoms with Crippen LogP contribution in [0.3, 0.4) is 0 Å². The largest absolute Gasteiger partial charge is 0.464 e. The van der Waals surface area contributed by atoms with Crippen LogP contribution < -0.4 is 0 Å². The number of aliphatic hydroxyl groups is 1. The van der Waals surface area contributed by atoms with E-state index in [2.05, 4.69) is 0 Å². The summed E-state index contributed by atoms with van der Waals surface area (Å²) < 4.78 is 21.9. The van der Waals surface area contributed by atoms with Crippen molar-refractivity contribution >= 4 is 23.7 Å². The van der Waals surface area contributed by atoms with Gasteiger partial charge in [0.05, 0.1) is 6.61 Å². The summed E-state index contributed by atoms with van der Waals surface area (Å²) in [7, 11) is 0. The minimum atomic E-state index is -1.83. The number of hydrogen-bond acceptors (Lipinski definition) is 9. The first-order chi connectivity index (χ1) is 13.8. The van der Waals surface area contributed by atoms with Crippen molar-refractivity contribution < 1.29 is 43.2 Å². The molecule has 0 aromatic carbocycles. The van der Waals surface area contributed by atoms with Crippen LogP contribution in [0.4, 0.5) is 0 Å². The van der Waals surface area contributed by atoms with Crippen LogP contribution in [0, 0.1) is 23.7 Å². The number of Topliss-reactive ketones (excluding diaryl/α,β-unsaturated/α-hetero) is 1. The molecule has 2 fully saturated rings. The van der Waals surface area contributed by atoms with E-state index in [1.165, 1.54) is 27.7 Å². The normalized spacial score (nSPS) is 38.0. The van der Waals surface area contributed by atoms with Crippen LogP contribution in [0.25, 0.3) is 0 Å². The van der Waals surface area contributed by atoms with Crippen LogP contribution in [0.5, 0.6) is 0 Å². The molecule has 2 rings (SSSR count). The fourth-order valence-electron chi connectivity index (χ4n) is 5.12. The lowest BCUT2D eigenvalue weighted by Gasteiger charge is -2.53. The molecule has 0 bridgehead atoms. The highest BCUT2D eigenvalue weighted by Crippen LogP contribution is 2.54. The van der Waals surface area contributed by atoms with Crippen molar-refractivity contribution in [3.8, 4) is 0 Å². The molecule has 1 saturated heterocycles. The average Bonchev–Trinajstić information content (AvgIpc) is 2.99. The van der Waals surface area contributed by atoms with Crippen LogP contribution in [0.15, 0.2) is 0 Å². The zero-order valence-electron chi connectivity index (χ0n) is 18.5. The van der Waals surface area contributed by atoms with E-state index in [9.17, 15) is 24.3 Å². The van der Waals surface area contributed by atoms with Gasteiger partial charge in [0.25, 0.3) is 0 Å². The summed E-state index contributed by atoms with van der Waals surface area (Å²) >= 11 is 0. The van der Waals surface area contributed by atoms with Gasteiger partial charge in [-0.05, 0) is 26.7 Å². The summed E-state index contributed by atoms with van der Waals surface area (Å²) in [6.07, 6.45) is -4.50. The molecule has 0 aromatic heterocycles. The lowest BCUT2D eigenvalue weighted by atomic mass is 9.57. The van der Waals surface area contributed by atoms with Crippen molar-refractivity contribution in [3.63, 3.8) is 0 Å². The van der Waals surface area contributed by atoms with Crippen molar-refractivity contribution in [2.24, 2.45) is 23.7 Å². The SMILES string of the molecule is CCOC(=O)[C@@H]1O[C@@H](C(C)=O)[C@@H]2[C@@H](C(C)C)[C@H](OC(C)=O)[C@H](OC(C)=O)[C@@](C)(O)[C@@H]21. The average molecular weight is 428 g/mol. The number of hydrogen-bond donors (Lipinski definition) is 1. The lowest BCUT2D eigenvalue weighted by Crippen LogP contribution is -2.67. The molecule has 170 valence electrons. The smallest absolute Gasteiger partial charge is 0.335 e. The number of carbonyl (C=O) groups excluding carboxylic acids is 4. The molecular formula is C21H32O9. The molecule has 9 nitrogen and oxygen atoms in total. The van der Waals surface area contributed by atoms with E-state index in [-0.39, 0.29) is 18.3 Å². The molecule has 1 N–H and O–H groups in total.